The number of nitrogens with one attached hydrogen (secondary N) is 1. The van der Waals surface area contributed by atoms with Crippen molar-refractivity contribution in [2.24, 2.45) is 11.8 Å². The Morgan fingerprint density at radius 3 is 2.52 bits per heavy atom. The third-order valence-electron chi connectivity index (χ3n) is 7.89. The van der Waals surface area contributed by atoms with Crippen LogP contribution < -0.4 is 10.2 Å². The fraction of sp³-hybridized carbons (Fsp3) is 0.360. The number of hydrogen-bond donors (Lipinski definition) is 1. The maximum absolute atomic E-state index is 13.9. The summed E-state index contributed by atoms with van der Waals surface area (Å²) >= 11 is 6.33. The van der Waals surface area contributed by atoms with E-state index >= 15 is 0 Å². The minimum absolute atomic E-state index is 0.0914. The third kappa shape index (κ3) is 2.39. The van der Waals surface area contributed by atoms with Gasteiger partial charge >= 0.3 is 0 Å². The Hall–Kier alpha value is -3.03. The van der Waals surface area contributed by atoms with Crippen LogP contribution >= 0.6 is 11.6 Å². The van der Waals surface area contributed by atoms with Crippen molar-refractivity contribution >= 4 is 46.5 Å². The predicted octanol–water partition coefficient (Wildman–Crippen LogP) is 3.28. The van der Waals surface area contributed by atoms with Crippen molar-refractivity contribution in [1.29, 1.82) is 0 Å². The highest BCUT2D eigenvalue weighted by molar-refractivity contribution is 6.32. The average molecular weight is 464 g/mol. The molecule has 33 heavy (non-hydrogen) atoms. The molecular weight excluding hydrogens is 442 g/mol. The van der Waals surface area contributed by atoms with Gasteiger partial charge in [-0.05, 0) is 69.1 Å². The van der Waals surface area contributed by atoms with Gasteiger partial charge in [0.25, 0.3) is 0 Å². The second-order valence-electron chi connectivity index (χ2n) is 9.34. The summed E-state index contributed by atoms with van der Waals surface area (Å²) in [6.07, 6.45) is 1.62. The van der Waals surface area contributed by atoms with E-state index in [9.17, 15) is 19.2 Å². The Balaban J connectivity index is 1.52. The second kappa shape index (κ2) is 6.74. The van der Waals surface area contributed by atoms with Crippen LogP contribution in [0.15, 0.2) is 36.4 Å². The van der Waals surface area contributed by atoms with Crippen LogP contribution in [0.3, 0.4) is 0 Å². The van der Waals surface area contributed by atoms with E-state index in [0.29, 0.717) is 28.5 Å². The first kappa shape index (κ1) is 20.6. The molecule has 1 spiro atoms. The van der Waals surface area contributed by atoms with E-state index in [1.807, 2.05) is 13.0 Å². The molecule has 6 rings (SSSR count). The van der Waals surface area contributed by atoms with Crippen LogP contribution in [0.25, 0.3) is 0 Å². The van der Waals surface area contributed by atoms with Gasteiger partial charge in [-0.15, -0.1) is 0 Å². The Bertz CT molecular complexity index is 1270. The quantitative estimate of drug-likeness (QED) is 0.545. The summed E-state index contributed by atoms with van der Waals surface area (Å²) in [5.41, 5.74) is 1.83. The lowest BCUT2D eigenvalue weighted by Crippen LogP contribution is -2.54. The Morgan fingerprint density at radius 2 is 1.82 bits per heavy atom. The summed E-state index contributed by atoms with van der Waals surface area (Å²) in [6, 6.07) is 9.89. The van der Waals surface area contributed by atoms with E-state index in [4.69, 9.17) is 11.6 Å². The molecule has 1 N–H and O–H groups in total. The van der Waals surface area contributed by atoms with Gasteiger partial charge in [0, 0.05) is 22.2 Å². The minimum Gasteiger partial charge on any atom is -0.324 e. The Morgan fingerprint density at radius 1 is 1.09 bits per heavy atom. The molecule has 0 unspecified atom stereocenters. The maximum atomic E-state index is 13.9. The molecule has 168 valence electrons. The van der Waals surface area contributed by atoms with Crippen LogP contribution in [0.5, 0.6) is 0 Å². The predicted molar refractivity (Wildman–Crippen MR) is 122 cm³/mol. The first-order valence-electron chi connectivity index (χ1n) is 11.1. The first-order chi connectivity index (χ1) is 15.8. The summed E-state index contributed by atoms with van der Waals surface area (Å²) in [5, 5.41) is 3.53. The Labute approximate surface area is 195 Å². The number of nitrogens with zero attached hydrogens (tertiary/aromatic N) is 2. The molecule has 8 heteroatoms. The topological polar surface area (TPSA) is 86.8 Å². The molecule has 7 nitrogen and oxygen atoms in total. The monoisotopic (exact) mass is 463 g/mol. The van der Waals surface area contributed by atoms with Gasteiger partial charge in [-0.3, -0.25) is 24.1 Å². The number of carbonyl (C=O) groups is 4. The van der Waals surface area contributed by atoms with E-state index < -0.39 is 17.4 Å². The number of halogens is 1. The van der Waals surface area contributed by atoms with Gasteiger partial charge in [0.15, 0.2) is 5.78 Å². The van der Waals surface area contributed by atoms with Gasteiger partial charge in [0.2, 0.25) is 17.7 Å². The van der Waals surface area contributed by atoms with Crippen molar-refractivity contribution in [3.63, 3.8) is 0 Å². The summed E-state index contributed by atoms with van der Waals surface area (Å²) in [6.45, 7) is 3.97. The highest BCUT2D eigenvalue weighted by Gasteiger charge is 2.74. The number of fused-ring (bicyclic) bond motifs is 7. The lowest BCUT2D eigenvalue weighted by Gasteiger charge is -2.36. The molecule has 4 atom stereocenters. The lowest BCUT2D eigenvalue weighted by molar-refractivity contribution is -0.135. The van der Waals surface area contributed by atoms with Gasteiger partial charge in [0.05, 0.1) is 23.2 Å². The molecule has 0 aromatic heterocycles. The number of anilines is 2. The zero-order chi connectivity index (χ0) is 23.2. The van der Waals surface area contributed by atoms with Crippen molar-refractivity contribution in [2.45, 2.75) is 38.3 Å². The van der Waals surface area contributed by atoms with E-state index in [2.05, 4.69) is 10.2 Å². The molecule has 4 heterocycles. The summed E-state index contributed by atoms with van der Waals surface area (Å²) < 4.78 is 0. The zero-order valence-corrected chi connectivity index (χ0v) is 19.0. The Kier molecular flexibility index (Phi) is 4.20. The number of ketones is 1. The highest BCUT2D eigenvalue weighted by Crippen LogP contribution is 2.61. The van der Waals surface area contributed by atoms with Gasteiger partial charge in [-0.1, -0.05) is 17.7 Å². The van der Waals surface area contributed by atoms with Gasteiger partial charge < -0.3 is 5.32 Å². The van der Waals surface area contributed by atoms with E-state index in [0.717, 1.165) is 24.0 Å². The molecule has 0 bridgehead atoms. The number of rotatable bonds is 2. The largest absolute Gasteiger partial charge is 0.324 e. The van der Waals surface area contributed by atoms with Crippen LogP contribution in [-0.2, 0) is 19.9 Å². The van der Waals surface area contributed by atoms with Crippen molar-refractivity contribution in [1.82, 2.24) is 4.90 Å². The standard InChI is InChI=1S/C25H22ClN3O4/c1-12-17(26)10-9-16-21(12)27-24(33)25(16)20-19(18-4-3-11-28(18)25)22(31)29(23(20)32)15-7-5-14(6-8-15)13(2)30/h5-10,18-20H,3-4,11H2,1-2H3,(H,27,33)/t18-,19+,20+,25-/m0/s1. The third-order valence-corrected chi connectivity index (χ3v) is 8.30. The molecular formula is C25H22ClN3O4. The molecule has 3 amide bonds. The molecule has 0 radical (unpaired) electrons. The molecule has 0 saturated carbocycles. The highest BCUT2D eigenvalue weighted by atomic mass is 35.5. The fourth-order valence-corrected chi connectivity index (χ4v) is 6.65. The van der Waals surface area contributed by atoms with E-state index in [1.165, 1.54) is 11.8 Å². The van der Waals surface area contributed by atoms with Crippen LogP contribution in [0.4, 0.5) is 11.4 Å². The van der Waals surface area contributed by atoms with Gasteiger partial charge in [-0.25, -0.2) is 4.90 Å². The molecule has 3 fully saturated rings. The normalized spacial score (nSPS) is 30.1. The van der Waals surface area contributed by atoms with E-state index in [1.54, 1.807) is 30.3 Å². The minimum atomic E-state index is -1.22. The second-order valence-corrected chi connectivity index (χ2v) is 9.74. The number of amides is 3. The number of imide groups is 1. The molecule has 2 aromatic rings. The molecule has 4 aliphatic rings. The number of benzene rings is 2. The molecule has 2 aromatic carbocycles. The maximum Gasteiger partial charge on any atom is 0.250 e. The smallest absolute Gasteiger partial charge is 0.250 e. The van der Waals surface area contributed by atoms with Crippen molar-refractivity contribution in [3.05, 3.63) is 58.1 Å². The van der Waals surface area contributed by atoms with Crippen LogP contribution in [0.1, 0.15) is 41.3 Å². The van der Waals surface area contributed by atoms with Crippen LogP contribution in [0, 0.1) is 18.8 Å². The number of Topliss-reactive ketones (excluding diaryl/α,β-unsaturated/α-hetero) is 1. The molecule has 3 saturated heterocycles. The van der Waals surface area contributed by atoms with Crippen molar-refractivity contribution < 1.29 is 19.2 Å². The summed E-state index contributed by atoms with van der Waals surface area (Å²) in [7, 11) is 0. The SMILES string of the molecule is CC(=O)c1ccc(N2C(=O)[C@@H]3[C@@H]4CCCN4[C@]4(C(=O)Nc5c4ccc(Cl)c5C)[C@H]3C2=O)cc1. The molecule has 0 aliphatic carbocycles. The summed E-state index contributed by atoms with van der Waals surface area (Å²) in [5.74, 6) is -2.42. The average Bonchev–Trinajstić information content (AvgIpc) is 3.50. The van der Waals surface area contributed by atoms with Gasteiger partial charge in [0.1, 0.15) is 5.54 Å². The fourth-order valence-electron chi connectivity index (χ4n) is 6.49. The number of carbonyl (C=O) groups excluding carboxylic acids is 4. The van der Waals surface area contributed by atoms with Crippen molar-refractivity contribution in [3.8, 4) is 0 Å². The first-order valence-corrected chi connectivity index (χ1v) is 11.5. The van der Waals surface area contributed by atoms with Crippen LogP contribution in [0.2, 0.25) is 5.02 Å². The van der Waals surface area contributed by atoms with Crippen LogP contribution in [-0.4, -0.2) is 41.0 Å². The summed E-state index contributed by atoms with van der Waals surface area (Å²) in [4.78, 5) is 56.3. The zero-order valence-electron chi connectivity index (χ0n) is 18.2. The molecule has 4 aliphatic heterocycles. The van der Waals surface area contributed by atoms with Gasteiger partial charge in [-0.2, -0.15) is 0 Å². The lowest BCUT2D eigenvalue weighted by atomic mass is 9.75. The van der Waals surface area contributed by atoms with Crippen molar-refractivity contribution in [2.75, 3.05) is 16.8 Å². The number of hydrogen-bond acceptors (Lipinski definition) is 5. The van der Waals surface area contributed by atoms with E-state index in [-0.39, 0.29) is 29.5 Å².